The van der Waals surface area contributed by atoms with Crippen LogP contribution in [0.3, 0.4) is 0 Å². The number of rotatable bonds is 2. The second-order valence-corrected chi connectivity index (χ2v) is 6.12. The largest absolute Gasteiger partial charge is 0.444 e. The molecule has 1 atom stereocenters. The fourth-order valence-corrected chi connectivity index (χ4v) is 2.26. The first-order valence-corrected chi connectivity index (χ1v) is 6.53. The van der Waals surface area contributed by atoms with Gasteiger partial charge < -0.3 is 15.8 Å². The summed E-state index contributed by atoms with van der Waals surface area (Å²) < 4.78 is 5.24. The van der Waals surface area contributed by atoms with E-state index >= 15 is 0 Å². The lowest BCUT2D eigenvalue weighted by Gasteiger charge is -2.31. The minimum Gasteiger partial charge on any atom is -0.444 e. The van der Waals surface area contributed by atoms with Crippen molar-refractivity contribution in [1.29, 1.82) is 0 Å². The summed E-state index contributed by atoms with van der Waals surface area (Å²) in [5.74, 6) is 0.603. The molecule has 0 spiro atoms. The van der Waals surface area contributed by atoms with Crippen molar-refractivity contribution in [3.8, 4) is 0 Å². The molecule has 1 saturated carbocycles. The fourth-order valence-electron chi connectivity index (χ4n) is 2.26. The Morgan fingerprint density at radius 3 is 2.24 bits per heavy atom. The third-order valence-corrected chi connectivity index (χ3v) is 3.24. The molecule has 0 radical (unpaired) electrons. The van der Waals surface area contributed by atoms with E-state index in [0.717, 1.165) is 25.7 Å². The van der Waals surface area contributed by atoms with Gasteiger partial charge in [-0.1, -0.05) is 0 Å². The summed E-state index contributed by atoms with van der Waals surface area (Å²) in [5, 5.41) is 2.93. The highest BCUT2D eigenvalue weighted by Gasteiger charge is 2.26. The van der Waals surface area contributed by atoms with Gasteiger partial charge in [0, 0.05) is 12.1 Å². The van der Waals surface area contributed by atoms with Gasteiger partial charge in [-0.05, 0) is 59.3 Å². The molecule has 0 aliphatic heterocycles. The first-order valence-electron chi connectivity index (χ1n) is 6.53. The summed E-state index contributed by atoms with van der Waals surface area (Å²) in [5.41, 5.74) is 5.46. The molecule has 0 heterocycles. The van der Waals surface area contributed by atoms with Crippen LogP contribution >= 0.6 is 0 Å². The van der Waals surface area contributed by atoms with Crippen LogP contribution in [-0.2, 0) is 4.74 Å². The lowest BCUT2D eigenvalue weighted by Crippen LogP contribution is -2.42. The van der Waals surface area contributed by atoms with Crippen LogP contribution in [0.25, 0.3) is 0 Å². The predicted molar refractivity (Wildman–Crippen MR) is 68.8 cm³/mol. The van der Waals surface area contributed by atoms with Crippen molar-refractivity contribution < 1.29 is 9.53 Å². The van der Waals surface area contributed by atoms with Gasteiger partial charge >= 0.3 is 6.09 Å². The highest BCUT2D eigenvalue weighted by Crippen LogP contribution is 2.26. The van der Waals surface area contributed by atoms with Gasteiger partial charge in [-0.25, -0.2) is 4.79 Å². The molecule has 0 bridgehead atoms. The van der Waals surface area contributed by atoms with Crippen molar-refractivity contribution in [2.75, 3.05) is 0 Å². The second-order valence-electron chi connectivity index (χ2n) is 6.12. The predicted octanol–water partition coefficient (Wildman–Crippen LogP) is 2.42. The van der Waals surface area contributed by atoms with Crippen LogP contribution in [0.2, 0.25) is 0 Å². The first-order chi connectivity index (χ1) is 7.78. The number of ether oxygens (including phenoxy) is 1. The molecule has 0 aromatic carbocycles. The monoisotopic (exact) mass is 242 g/mol. The quantitative estimate of drug-likeness (QED) is 0.781. The Morgan fingerprint density at radius 1 is 1.29 bits per heavy atom. The van der Waals surface area contributed by atoms with Crippen LogP contribution in [-0.4, -0.2) is 23.8 Å². The Balaban J connectivity index is 2.29. The molecule has 0 saturated heterocycles. The van der Waals surface area contributed by atoms with Crippen LogP contribution in [0.5, 0.6) is 0 Å². The molecule has 1 amide bonds. The summed E-state index contributed by atoms with van der Waals surface area (Å²) in [7, 11) is 0. The molecule has 17 heavy (non-hydrogen) atoms. The molecular weight excluding hydrogens is 216 g/mol. The van der Waals surface area contributed by atoms with Gasteiger partial charge in [0.1, 0.15) is 5.60 Å². The molecule has 100 valence electrons. The van der Waals surface area contributed by atoms with E-state index in [1.165, 1.54) is 0 Å². The average Bonchev–Trinajstić information content (AvgIpc) is 2.15. The van der Waals surface area contributed by atoms with Gasteiger partial charge in [-0.3, -0.25) is 0 Å². The number of hydrogen-bond acceptors (Lipinski definition) is 3. The Labute approximate surface area is 104 Å². The topological polar surface area (TPSA) is 64.3 Å². The molecule has 1 unspecified atom stereocenters. The van der Waals surface area contributed by atoms with E-state index in [1.54, 1.807) is 0 Å². The molecular formula is C13H26N2O2. The zero-order valence-corrected chi connectivity index (χ0v) is 11.5. The lowest BCUT2D eigenvalue weighted by molar-refractivity contribution is 0.0486. The normalized spacial score (nSPS) is 27.4. The first kappa shape index (κ1) is 14.3. The molecule has 1 aliphatic rings. The maximum atomic E-state index is 11.6. The molecule has 4 heteroatoms. The number of amides is 1. The highest BCUT2D eigenvalue weighted by atomic mass is 16.6. The third kappa shape index (κ3) is 5.39. The Hall–Kier alpha value is -0.770. The maximum Gasteiger partial charge on any atom is 0.407 e. The standard InChI is InChI=1S/C13H26N2O2/c1-9(14)10-5-7-11(8-6-10)15-12(16)17-13(2,3)4/h9-11H,5-8,14H2,1-4H3,(H,15,16). The van der Waals surface area contributed by atoms with Crippen molar-refractivity contribution in [1.82, 2.24) is 5.32 Å². The Morgan fingerprint density at radius 2 is 1.82 bits per heavy atom. The summed E-state index contributed by atoms with van der Waals surface area (Å²) in [4.78, 5) is 11.6. The van der Waals surface area contributed by atoms with Crippen molar-refractivity contribution in [3.05, 3.63) is 0 Å². The van der Waals surface area contributed by atoms with Crippen molar-refractivity contribution in [3.63, 3.8) is 0 Å². The van der Waals surface area contributed by atoms with E-state index in [9.17, 15) is 4.79 Å². The van der Waals surface area contributed by atoms with E-state index in [-0.39, 0.29) is 18.2 Å². The Kier molecular flexibility index (Phi) is 4.80. The zero-order chi connectivity index (χ0) is 13.1. The van der Waals surface area contributed by atoms with Gasteiger partial charge in [0.25, 0.3) is 0 Å². The maximum absolute atomic E-state index is 11.6. The number of nitrogens with two attached hydrogens (primary N) is 1. The molecule has 1 aliphatic carbocycles. The summed E-state index contributed by atoms with van der Waals surface area (Å²) in [6, 6.07) is 0.511. The Bertz CT molecular complexity index is 251. The average molecular weight is 242 g/mol. The molecule has 4 nitrogen and oxygen atoms in total. The third-order valence-electron chi connectivity index (χ3n) is 3.24. The number of carbonyl (C=O) groups is 1. The van der Waals surface area contributed by atoms with E-state index in [0.29, 0.717) is 5.92 Å². The number of carbonyl (C=O) groups excluding carboxylic acids is 1. The molecule has 0 aromatic rings. The minimum atomic E-state index is -0.424. The molecule has 3 N–H and O–H groups in total. The van der Waals surface area contributed by atoms with E-state index < -0.39 is 5.60 Å². The van der Waals surface area contributed by atoms with Crippen LogP contribution in [0.15, 0.2) is 0 Å². The van der Waals surface area contributed by atoms with Crippen LogP contribution < -0.4 is 11.1 Å². The molecule has 1 rings (SSSR count). The van der Waals surface area contributed by atoms with Gasteiger partial charge in [0.2, 0.25) is 0 Å². The summed E-state index contributed by atoms with van der Waals surface area (Å²) >= 11 is 0. The van der Waals surface area contributed by atoms with Crippen LogP contribution in [0, 0.1) is 5.92 Å². The minimum absolute atomic E-state index is 0.250. The SMILES string of the molecule is CC(N)C1CCC(NC(=O)OC(C)(C)C)CC1. The van der Waals surface area contributed by atoms with Gasteiger partial charge in [-0.2, -0.15) is 0 Å². The number of hydrogen-bond donors (Lipinski definition) is 2. The van der Waals surface area contributed by atoms with E-state index in [1.807, 2.05) is 20.8 Å². The van der Waals surface area contributed by atoms with E-state index in [2.05, 4.69) is 12.2 Å². The van der Waals surface area contributed by atoms with Gasteiger partial charge in [0.15, 0.2) is 0 Å². The van der Waals surface area contributed by atoms with Crippen molar-refractivity contribution >= 4 is 6.09 Å². The summed E-state index contributed by atoms with van der Waals surface area (Å²) in [6.07, 6.45) is 3.90. The highest BCUT2D eigenvalue weighted by molar-refractivity contribution is 5.68. The van der Waals surface area contributed by atoms with Crippen molar-refractivity contribution in [2.24, 2.45) is 11.7 Å². The van der Waals surface area contributed by atoms with Crippen LogP contribution in [0.4, 0.5) is 4.79 Å². The van der Waals surface area contributed by atoms with Crippen LogP contribution in [0.1, 0.15) is 53.4 Å². The number of alkyl carbamates (subject to hydrolysis) is 1. The molecule has 0 aromatic heterocycles. The van der Waals surface area contributed by atoms with Crippen molar-refractivity contribution in [2.45, 2.75) is 71.1 Å². The fraction of sp³-hybridized carbons (Fsp3) is 0.923. The number of nitrogens with one attached hydrogen (secondary N) is 1. The summed E-state index contributed by atoms with van der Waals surface area (Å²) in [6.45, 7) is 7.69. The smallest absolute Gasteiger partial charge is 0.407 e. The van der Waals surface area contributed by atoms with Gasteiger partial charge in [0.05, 0.1) is 0 Å². The lowest BCUT2D eigenvalue weighted by atomic mass is 9.82. The second kappa shape index (κ2) is 5.71. The zero-order valence-electron chi connectivity index (χ0n) is 11.5. The molecule has 1 fully saturated rings. The van der Waals surface area contributed by atoms with E-state index in [4.69, 9.17) is 10.5 Å². The van der Waals surface area contributed by atoms with Gasteiger partial charge in [-0.15, -0.1) is 0 Å².